The van der Waals surface area contributed by atoms with Crippen molar-refractivity contribution in [2.24, 2.45) is 0 Å². The Morgan fingerprint density at radius 2 is 1.96 bits per heavy atom. The Morgan fingerprint density at radius 3 is 2.52 bits per heavy atom. The summed E-state index contributed by atoms with van der Waals surface area (Å²) in [5.41, 5.74) is -0.742. The quantitative estimate of drug-likeness (QED) is 0.873. The molecule has 2 N–H and O–H groups in total. The summed E-state index contributed by atoms with van der Waals surface area (Å²) in [6, 6.07) is 5.15. The zero-order valence-electron chi connectivity index (χ0n) is 12.4. The van der Waals surface area contributed by atoms with Crippen LogP contribution in [0.5, 0.6) is 5.75 Å². The molecule has 9 heteroatoms. The zero-order chi connectivity index (χ0) is 16.2. The molecule has 0 aliphatic carbocycles. The molecule has 0 aromatic heterocycles. The van der Waals surface area contributed by atoms with E-state index in [1.165, 1.54) is 25.3 Å². The van der Waals surface area contributed by atoms with Gasteiger partial charge in [-0.25, -0.2) is 0 Å². The van der Waals surface area contributed by atoms with Crippen LogP contribution in [0.4, 0.5) is 18.9 Å². The lowest BCUT2D eigenvalue weighted by atomic mass is 9.91. The molecule has 1 saturated heterocycles. The van der Waals surface area contributed by atoms with Crippen molar-refractivity contribution in [2.75, 3.05) is 25.5 Å². The second-order valence-electron chi connectivity index (χ2n) is 4.98. The van der Waals surface area contributed by atoms with Crippen LogP contribution in [0.2, 0.25) is 0 Å². The van der Waals surface area contributed by atoms with E-state index in [4.69, 9.17) is 4.74 Å². The molecule has 0 atom stereocenters. The van der Waals surface area contributed by atoms with Gasteiger partial charge in [0.25, 0.3) is 5.91 Å². The summed E-state index contributed by atoms with van der Waals surface area (Å²) in [6.45, 7) is 1.27. The Hall–Kier alpha value is -1.51. The summed E-state index contributed by atoms with van der Waals surface area (Å²) in [7, 11) is 1.45. The molecular formula is C14H18ClF3N2O3. The lowest BCUT2D eigenvalue weighted by Crippen LogP contribution is -2.51. The molecule has 1 heterocycles. The van der Waals surface area contributed by atoms with Gasteiger partial charge in [0, 0.05) is 18.9 Å². The van der Waals surface area contributed by atoms with E-state index in [0.29, 0.717) is 25.9 Å². The predicted octanol–water partition coefficient (Wildman–Crippen LogP) is 2.71. The summed E-state index contributed by atoms with van der Waals surface area (Å²) >= 11 is 0. The van der Waals surface area contributed by atoms with Crippen LogP contribution >= 0.6 is 12.4 Å². The number of anilines is 1. The van der Waals surface area contributed by atoms with Gasteiger partial charge < -0.3 is 20.1 Å². The Morgan fingerprint density at radius 1 is 1.30 bits per heavy atom. The van der Waals surface area contributed by atoms with Crippen molar-refractivity contribution in [3.05, 3.63) is 24.3 Å². The van der Waals surface area contributed by atoms with Crippen molar-refractivity contribution in [3.8, 4) is 5.75 Å². The Kier molecular flexibility index (Phi) is 6.67. The highest BCUT2D eigenvalue weighted by atomic mass is 35.5. The Bertz CT molecular complexity index is 534. The van der Waals surface area contributed by atoms with Crippen LogP contribution in [0.1, 0.15) is 12.8 Å². The molecule has 0 bridgehead atoms. The third-order valence-corrected chi connectivity index (χ3v) is 3.54. The molecule has 0 saturated carbocycles. The summed E-state index contributed by atoms with van der Waals surface area (Å²) in [5.74, 6) is -0.761. The fourth-order valence-corrected chi connectivity index (χ4v) is 2.37. The van der Waals surface area contributed by atoms with Crippen molar-refractivity contribution in [2.45, 2.75) is 24.8 Å². The summed E-state index contributed by atoms with van der Waals surface area (Å²) in [4.78, 5) is 12.4. The van der Waals surface area contributed by atoms with E-state index in [-0.39, 0.29) is 29.8 Å². The smallest absolute Gasteiger partial charge is 0.406 e. The molecule has 0 unspecified atom stereocenters. The van der Waals surface area contributed by atoms with Crippen LogP contribution < -0.4 is 15.4 Å². The normalized spacial score (nSPS) is 17.0. The van der Waals surface area contributed by atoms with E-state index in [1.54, 1.807) is 0 Å². The van der Waals surface area contributed by atoms with Gasteiger partial charge in [-0.15, -0.1) is 25.6 Å². The topological polar surface area (TPSA) is 59.6 Å². The van der Waals surface area contributed by atoms with E-state index in [9.17, 15) is 18.0 Å². The van der Waals surface area contributed by atoms with Gasteiger partial charge in [-0.2, -0.15) is 0 Å². The number of methoxy groups -OCH3 is 1. The van der Waals surface area contributed by atoms with Crippen molar-refractivity contribution in [1.82, 2.24) is 5.32 Å². The molecule has 5 nitrogen and oxygen atoms in total. The molecule has 1 fully saturated rings. The first-order valence-electron chi connectivity index (χ1n) is 6.78. The van der Waals surface area contributed by atoms with Crippen LogP contribution in [0.25, 0.3) is 0 Å². The fraction of sp³-hybridized carbons (Fsp3) is 0.500. The molecule has 2 rings (SSSR count). The molecular weight excluding hydrogens is 337 g/mol. The van der Waals surface area contributed by atoms with Crippen molar-refractivity contribution in [1.29, 1.82) is 0 Å². The van der Waals surface area contributed by atoms with Crippen molar-refractivity contribution in [3.63, 3.8) is 0 Å². The summed E-state index contributed by atoms with van der Waals surface area (Å²) in [5, 5.41) is 5.71. The van der Waals surface area contributed by atoms with Crippen LogP contribution in [-0.2, 0) is 9.53 Å². The van der Waals surface area contributed by atoms with Gasteiger partial charge in [0.2, 0.25) is 0 Å². The maximum absolute atomic E-state index is 12.4. The fourth-order valence-electron chi connectivity index (χ4n) is 2.37. The number of hydrogen-bond acceptors (Lipinski definition) is 4. The molecule has 0 spiro atoms. The number of halogens is 4. The van der Waals surface area contributed by atoms with Crippen molar-refractivity contribution < 1.29 is 27.4 Å². The predicted molar refractivity (Wildman–Crippen MR) is 80.8 cm³/mol. The van der Waals surface area contributed by atoms with Gasteiger partial charge >= 0.3 is 6.36 Å². The van der Waals surface area contributed by atoms with Gasteiger partial charge in [-0.05, 0) is 38.1 Å². The first kappa shape index (κ1) is 19.5. The van der Waals surface area contributed by atoms with Gasteiger partial charge in [-0.3, -0.25) is 4.79 Å². The number of hydrogen-bond donors (Lipinski definition) is 2. The van der Waals surface area contributed by atoms with Crippen LogP contribution in [0.3, 0.4) is 0 Å². The largest absolute Gasteiger partial charge is 0.573 e. The molecule has 1 aromatic carbocycles. The highest BCUT2D eigenvalue weighted by molar-refractivity contribution is 5.97. The summed E-state index contributed by atoms with van der Waals surface area (Å²) in [6.07, 6.45) is -3.78. The highest BCUT2D eigenvalue weighted by Gasteiger charge is 2.39. The Balaban J connectivity index is 0.00000264. The third-order valence-electron chi connectivity index (χ3n) is 3.54. The number of amides is 1. The molecule has 0 radical (unpaired) electrons. The number of carbonyl (C=O) groups excluding carboxylic acids is 1. The van der Waals surface area contributed by atoms with Crippen LogP contribution in [0.15, 0.2) is 24.3 Å². The van der Waals surface area contributed by atoms with Crippen LogP contribution in [0, 0.1) is 0 Å². The lowest BCUT2D eigenvalue weighted by Gasteiger charge is -2.34. The first-order valence-corrected chi connectivity index (χ1v) is 6.78. The minimum atomic E-state index is -4.77. The third kappa shape index (κ3) is 5.26. The highest BCUT2D eigenvalue weighted by Crippen LogP contribution is 2.27. The maximum atomic E-state index is 12.4. The first-order chi connectivity index (χ1) is 10.3. The van der Waals surface area contributed by atoms with Gasteiger partial charge in [0.15, 0.2) is 0 Å². The standard InChI is InChI=1S/C14H17F3N2O3.ClH/c1-21-13(5-7-18-8-6-13)12(20)19-10-3-2-4-11(9-10)22-14(15,16)17;/h2-4,9,18H,5-8H2,1H3,(H,19,20);1H. The number of benzene rings is 1. The van der Waals surface area contributed by atoms with E-state index < -0.39 is 12.0 Å². The number of alkyl halides is 3. The Labute approximate surface area is 137 Å². The summed E-state index contributed by atoms with van der Waals surface area (Å²) < 4.78 is 45.8. The number of ether oxygens (including phenoxy) is 2. The monoisotopic (exact) mass is 354 g/mol. The van der Waals surface area contributed by atoms with E-state index >= 15 is 0 Å². The number of piperidine rings is 1. The molecule has 23 heavy (non-hydrogen) atoms. The SMILES string of the molecule is COC1(C(=O)Nc2cccc(OC(F)(F)F)c2)CCNCC1.Cl. The maximum Gasteiger partial charge on any atom is 0.573 e. The van der Waals surface area contributed by atoms with Gasteiger partial charge in [0.1, 0.15) is 11.4 Å². The minimum absolute atomic E-state index is 0. The number of rotatable bonds is 4. The van der Waals surface area contributed by atoms with E-state index in [2.05, 4.69) is 15.4 Å². The average molecular weight is 355 g/mol. The van der Waals surface area contributed by atoms with E-state index in [1.807, 2.05) is 0 Å². The van der Waals surface area contributed by atoms with Crippen LogP contribution in [-0.4, -0.2) is 38.1 Å². The zero-order valence-corrected chi connectivity index (χ0v) is 13.2. The second-order valence-corrected chi connectivity index (χ2v) is 4.98. The number of carbonyl (C=O) groups is 1. The average Bonchev–Trinajstić information content (AvgIpc) is 2.46. The molecule has 1 amide bonds. The molecule has 130 valence electrons. The lowest BCUT2D eigenvalue weighted by molar-refractivity contribution is -0.274. The minimum Gasteiger partial charge on any atom is -0.406 e. The van der Waals surface area contributed by atoms with Crippen molar-refractivity contribution >= 4 is 24.0 Å². The molecule has 1 aliphatic heterocycles. The molecule has 1 aliphatic rings. The molecule has 1 aromatic rings. The van der Waals surface area contributed by atoms with Gasteiger partial charge in [-0.1, -0.05) is 6.07 Å². The second kappa shape index (κ2) is 7.85. The number of nitrogens with one attached hydrogen (secondary N) is 2. The van der Waals surface area contributed by atoms with E-state index in [0.717, 1.165) is 6.07 Å². The van der Waals surface area contributed by atoms with Gasteiger partial charge in [0.05, 0.1) is 0 Å².